The number of halogens is 1. The lowest BCUT2D eigenvalue weighted by atomic mass is 10.1. The highest BCUT2D eigenvalue weighted by Crippen LogP contribution is 2.14. The van der Waals surface area contributed by atoms with Gasteiger partial charge >= 0.3 is 6.03 Å². The Hall–Kier alpha value is -2.38. The van der Waals surface area contributed by atoms with Crippen LogP contribution < -0.4 is 16.0 Å². The standard InChI is InChI=1S/C18H20BrN3O3/c19-14-6-8-15(9-7-14)21-18(25)22-16(17(24)20-10-11-23)12-13-4-2-1-3-5-13/h1-9,16,23H,10-12H2,(H,20,24)(H2,21,22,25)/t16-/m0/s1. The van der Waals surface area contributed by atoms with Crippen LogP contribution in [0.1, 0.15) is 5.56 Å². The second-order valence-corrected chi connectivity index (χ2v) is 6.28. The van der Waals surface area contributed by atoms with E-state index in [0.717, 1.165) is 10.0 Å². The second kappa shape index (κ2) is 9.80. The van der Waals surface area contributed by atoms with Crippen molar-refractivity contribution in [2.45, 2.75) is 12.5 Å². The van der Waals surface area contributed by atoms with Crippen LogP contribution >= 0.6 is 15.9 Å². The Morgan fingerprint density at radius 3 is 2.36 bits per heavy atom. The summed E-state index contributed by atoms with van der Waals surface area (Å²) in [7, 11) is 0. The molecular formula is C18H20BrN3O3. The van der Waals surface area contributed by atoms with Crippen LogP contribution in [0.25, 0.3) is 0 Å². The van der Waals surface area contributed by atoms with Crippen molar-refractivity contribution in [2.24, 2.45) is 0 Å². The van der Waals surface area contributed by atoms with E-state index in [-0.39, 0.29) is 19.1 Å². The molecule has 0 saturated heterocycles. The summed E-state index contributed by atoms with van der Waals surface area (Å²) in [5.74, 6) is -0.344. The van der Waals surface area contributed by atoms with Gasteiger partial charge in [0.1, 0.15) is 6.04 Å². The zero-order valence-electron chi connectivity index (χ0n) is 13.5. The number of rotatable bonds is 7. The number of hydrogen-bond acceptors (Lipinski definition) is 3. The highest BCUT2D eigenvalue weighted by Gasteiger charge is 2.21. The molecule has 6 nitrogen and oxygen atoms in total. The number of carbonyl (C=O) groups is 2. The highest BCUT2D eigenvalue weighted by molar-refractivity contribution is 9.10. The molecule has 2 aromatic rings. The van der Waals surface area contributed by atoms with Crippen LogP contribution in [0.15, 0.2) is 59.1 Å². The highest BCUT2D eigenvalue weighted by atomic mass is 79.9. The molecule has 0 aliphatic carbocycles. The number of aliphatic hydroxyl groups is 1. The molecule has 1 atom stereocenters. The number of benzene rings is 2. The molecule has 2 aromatic carbocycles. The largest absolute Gasteiger partial charge is 0.395 e. The van der Waals surface area contributed by atoms with Gasteiger partial charge in [-0.05, 0) is 29.8 Å². The minimum absolute atomic E-state index is 0.139. The molecule has 3 amide bonds. The Kier molecular flexibility index (Phi) is 7.43. The van der Waals surface area contributed by atoms with Crippen molar-refractivity contribution in [3.05, 3.63) is 64.6 Å². The number of aliphatic hydroxyl groups excluding tert-OH is 1. The Bertz CT molecular complexity index is 692. The fourth-order valence-electron chi connectivity index (χ4n) is 2.22. The molecule has 0 radical (unpaired) electrons. The molecule has 0 saturated carbocycles. The van der Waals surface area contributed by atoms with E-state index in [0.29, 0.717) is 12.1 Å². The Labute approximate surface area is 154 Å². The van der Waals surface area contributed by atoms with Crippen LogP contribution in [0.5, 0.6) is 0 Å². The maximum atomic E-state index is 12.3. The molecule has 25 heavy (non-hydrogen) atoms. The lowest BCUT2D eigenvalue weighted by Gasteiger charge is -2.19. The normalized spacial score (nSPS) is 11.4. The summed E-state index contributed by atoms with van der Waals surface area (Å²) in [5.41, 5.74) is 1.55. The third-order valence-electron chi connectivity index (χ3n) is 3.42. The molecule has 7 heteroatoms. The quantitative estimate of drug-likeness (QED) is 0.569. The summed E-state index contributed by atoms with van der Waals surface area (Å²) in [6.45, 7) is -0.0188. The number of amides is 3. The van der Waals surface area contributed by atoms with Crippen molar-refractivity contribution >= 4 is 33.6 Å². The summed E-state index contributed by atoms with van der Waals surface area (Å²) in [6.07, 6.45) is 0.353. The molecule has 2 rings (SSSR count). The molecule has 4 N–H and O–H groups in total. The van der Waals surface area contributed by atoms with Crippen molar-refractivity contribution in [1.29, 1.82) is 0 Å². The fraction of sp³-hybridized carbons (Fsp3) is 0.222. The van der Waals surface area contributed by atoms with Gasteiger partial charge in [0.2, 0.25) is 5.91 Å². The van der Waals surface area contributed by atoms with Crippen LogP contribution in [-0.4, -0.2) is 36.2 Å². The molecule has 0 spiro atoms. The molecule has 0 aliphatic heterocycles. The van der Waals surface area contributed by atoms with Crippen molar-refractivity contribution in [2.75, 3.05) is 18.5 Å². The molecule has 0 unspecified atom stereocenters. The van der Waals surface area contributed by atoms with Gasteiger partial charge in [-0.3, -0.25) is 4.79 Å². The van der Waals surface area contributed by atoms with Crippen LogP contribution in [0.2, 0.25) is 0 Å². The summed E-state index contributed by atoms with van der Waals surface area (Å²) in [6, 6.07) is 15.3. The van der Waals surface area contributed by atoms with E-state index >= 15 is 0 Å². The Morgan fingerprint density at radius 1 is 1.04 bits per heavy atom. The van der Waals surface area contributed by atoms with Gasteiger partial charge in [-0.2, -0.15) is 0 Å². The van der Waals surface area contributed by atoms with E-state index in [1.54, 1.807) is 12.1 Å². The van der Waals surface area contributed by atoms with Crippen molar-refractivity contribution in [3.8, 4) is 0 Å². The topological polar surface area (TPSA) is 90.5 Å². The number of nitrogens with one attached hydrogen (secondary N) is 3. The first-order valence-electron chi connectivity index (χ1n) is 7.84. The minimum atomic E-state index is -0.746. The first-order valence-corrected chi connectivity index (χ1v) is 8.63. The van der Waals surface area contributed by atoms with Crippen molar-refractivity contribution < 1.29 is 14.7 Å². The summed E-state index contributed by atoms with van der Waals surface area (Å²) >= 11 is 3.33. The predicted octanol–water partition coefficient (Wildman–Crippen LogP) is 2.29. The third-order valence-corrected chi connectivity index (χ3v) is 3.95. The number of carbonyl (C=O) groups excluding carboxylic acids is 2. The molecule has 0 aromatic heterocycles. The number of hydrogen-bond donors (Lipinski definition) is 4. The van der Waals surface area contributed by atoms with Gasteiger partial charge < -0.3 is 21.1 Å². The average molecular weight is 406 g/mol. The van der Waals surface area contributed by atoms with E-state index in [1.165, 1.54) is 0 Å². The monoisotopic (exact) mass is 405 g/mol. The van der Waals surface area contributed by atoms with Crippen molar-refractivity contribution in [3.63, 3.8) is 0 Å². The van der Waals surface area contributed by atoms with Crippen molar-refractivity contribution in [1.82, 2.24) is 10.6 Å². The van der Waals surface area contributed by atoms with E-state index in [2.05, 4.69) is 31.9 Å². The summed E-state index contributed by atoms with van der Waals surface area (Å²) < 4.78 is 0.906. The number of anilines is 1. The van der Waals surface area contributed by atoms with Gasteiger partial charge in [0.25, 0.3) is 0 Å². The lowest BCUT2D eigenvalue weighted by Crippen LogP contribution is -2.49. The number of urea groups is 1. The minimum Gasteiger partial charge on any atom is -0.395 e. The lowest BCUT2D eigenvalue weighted by molar-refractivity contribution is -0.123. The van der Waals surface area contributed by atoms with Gasteiger partial charge in [-0.25, -0.2) is 4.79 Å². The van der Waals surface area contributed by atoms with Gasteiger partial charge in [-0.1, -0.05) is 46.3 Å². The van der Waals surface area contributed by atoms with Crippen LogP contribution in [-0.2, 0) is 11.2 Å². The third kappa shape index (κ3) is 6.56. The average Bonchev–Trinajstić information content (AvgIpc) is 2.62. The van der Waals surface area contributed by atoms with Gasteiger partial charge in [0.05, 0.1) is 6.61 Å². The van der Waals surface area contributed by atoms with E-state index < -0.39 is 12.1 Å². The Balaban J connectivity index is 2.02. The predicted molar refractivity (Wildman–Crippen MR) is 100 cm³/mol. The first kappa shape index (κ1) is 19.0. The first-order chi connectivity index (χ1) is 12.1. The SMILES string of the molecule is O=C(Nc1ccc(Br)cc1)N[C@@H](Cc1ccccc1)C(=O)NCCO. The zero-order valence-corrected chi connectivity index (χ0v) is 15.1. The molecule has 0 fully saturated rings. The van der Waals surface area contributed by atoms with Crippen LogP contribution in [0.4, 0.5) is 10.5 Å². The summed E-state index contributed by atoms with van der Waals surface area (Å²) in [4.78, 5) is 24.5. The second-order valence-electron chi connectivity index (χ2n) is 5.36. The maximum Gasteiger partial charge on any atom is 0.319 e. The molecule has 0 bridgehead atoms. The fourth-order valence-corrected chi connectivity index (χ4v) is 2.48. The maximum absolute atomic E-state index is 12.3. The van der Waals surface area contributed by atoms with Crippen LogP contribution in [0.3, 0.4) is 0 Å². The van der Waals surface area contributed by atoms with Crippen LogP contribution in [0, 0.1) is 0 Å². The summed E-state index contributed by atoms with van der Waals surface area (Å²) in [5, 5.41) is 16.8. The molecular weight excluding hydrogens is 386 g/mol. The van der Waals surface area contributed by atoms with E-state index in [9.17, 15) is 9.59 Å². The van der Waals surface area contributed by atoms with E-state index in [1.807, 2.05) is 42.5 Å². The molecule has 0 aliphatic rings. The smallest absolute Gasteiger partial charge is 0.319 e. The van der Waals surface area contributed by atoms with E-state index in [4.69, 9.17) is 5.11 Å². The van der Waals surface area contributed by atoms with Gasteiger partial charge in [0, 0.05) is 23.1 Å². The Morgan fingerprint density at radius 2 is 1.72 bits per heavy atom. The van der Waals surface area contributed by atoms with Gasteiger partial charge in [-0.15, -0.1) is 0 Å². The zero-order chi connectivity index (χ0) is 18.1. The molecule has 132 valence electrons. The van der Waals surface area contributed by atoms with Gasteiger partial charge in [0.15, 0.2) is 0 Å². The molecule has 0 heterocycles.